The minimum Gasteiger partial charge on any atom is -0.381 e. The number of hydrogen-bond donors (Lipinski definition) is 1. The van der Waals surface area contributed by atoms with Gasteiger partial charge in [0.1, 0.15) is 11.9 Å². The lowest BCUT2D eigenvalue weighted by Gasteiger charge is -2.15. The molecule has 0 saturated heterocycles. The van der Waals surface area contributed by atoms with E-state index in [0.717, 1.165) is 24.4 Å². The van der Waals surface area contributed by atoms with Crippen LogP contribution in [0.15, 0.2) is 18.2 Å². The summed E-state index contributed by atoms with van der Waals surface area (Å²) < 4.78 is 13.0. The van der Waals surface area contributed by atoms with E-state index in [9.17, 15) is 4.39 Å². The van der Waals surface area contributed by atoms with Crippen molar-refractivity contribution in [3.05, 3.63) is 29.6 Å². The van der Waals surface area contributed by atoms with Crippen LogP contribution >= 0.6 is 0 Å². The third kappa shape index (κ3) is 2.76. The maximum Gasteiger partial charge on any atom is 0.124 e. The predicted molar refractivity (Wildman–Crippen MR) is 66.2 cm³/mol. The van der Waals surface area contributed by atoms with Crippen LogP contribution in [0.3, 0.4) is 0 Å². The number of halogens is 1. The van der Waals surface area contributed by atoms with Gasteiger partial charge in [-0.15, -0.1) is 0 Å². The van der Waals surface area contributed by atoms with E-state index >= 15 is 0 Å². The standard InChI is InChI=1S/C14H17FN2/c1-2-10-3-5-13(7-10)17-14-6-4-12(15)8-11(14)9-16/h4,6,8,10,13,17H,2-3,5,7H2,1H3. The van der Waals surface area contributed by atoms with Crippen molar-refractivity contribution in [3.8, 4) is 6.07 Å². The summed E-state index contributed by atoms with van der Waals surface area (Å²) >= 11 is 0. The van der Waals surface area contributed by atoms with Crippen LogP contribution in [0.5, 0.6) is 0 Å². The maximum atomic E-state index is 13.0. The van der Waals surface area contributed by atoms with Gasteiger partial charge in [0.2, 0.25) is 0 Å². The summed E-state index contributed by atoms with van der Waals surface area (Å²) in [5, 5.41) is 12.3. The first-order valence-corrected chi connectivity index (χ1v) is 6.19. The van der Waals surface area contributed by atoms with Crippen molar-refractivity contribution in [1.82, 2.24) is 0 Å². The topological polar surface area (TPSA) is 35.8 Å². The van der Waals surface area contributed by atoms with Gasteiger partial charge in [-0.1, -0.05) is 13.3 Å². The molecule has 0 amide bonds. The Hall–Kier alpha value is -1.56. The number of nitriles is 1. The summed E-state index contributed by atoms with van der Waals surface area (Å²) in [6, 6.07) is 6.81. The normalized spacial score (nSPS) is 23.4. The van der Waals surface area contributed by atoms with E-state index in [4.69, 9.17) is 5.26 Å². The van der Waals surface area contributed by atoms with Crippen LogP contribution in [0.2, 0.25) is 0 Å². The molecule has 2 atom stereocenters. The van der Waals surface area contributed by atoms with Crippen LogP contribution in [0, 0.1) is 23.1 Å². The van der Waals surface area contributed by atoms with E-state index in [1.54, 1.807) is 6.07 Å². The van der Waals surface area contributed by atoms with Crippen LogP contribution < -0.4 is 5.32 Å². The van der Waals surface area contributed by atoms with Gasteiger partial charge >= 0.3 is 0 Å². The second-order valence-electron chi connectivity index (χ2n) is 4.73. The molecular weight excluding hydrogens is 215 g/mol. The number of nitrogens with one attached hydrogen (secondary N) is 1. The third-order valence-electron chi connectivity index (χ3n) is 3.58. The molecule has 0 spiro atoms. The van der Waals surface area contributed by atoms with Crippen molar-refractivity contribution >= 4 is 5.69 Å². The molecule has 3 heteroatoms. The minimum absolute atomic E-state index is 0.357. The number of hydrogen-bond acceptors (Lipinski definition) is 2. The first kappa shape index (κ1) is 11.9. The first-order valence-electron chi connectivity index (χ1n) is 6.19. The zero-order valence-corrected chi connectivity index (χ0v) is 10.0. The maximum absolute atomic E-state index is 13.0. The Kier molecular flexibility index (Phi) is 3.63. The van der Waals surface area contributed by atoms with Gasteiger partial charge in [0.15, 0.2) is 0 Å². The zero-order chi connectivity index (χ0) is 12.3. The van der Waals surface area contributed by atoms with Crippen molar-refractivity contribution in [2.45, 2.75) is 38.6 Å². The molecule has 1 aliphatic rings. The highest BCUT2D eigenvalue weighted by atomic mass is 19.1. The highest BCUT2D eigenvalue weighted by Gasteiger charge is 2.23. The summed E-state index contributed by atoms with van der Waals surface area (Å²) in [6.45, 7) is 2.21. The summed E-state index contributed by atoms with van der Waals surface area (Å²) in [4.78, 5) is 0. The number of anilines is 1. The summed E-state index contributed by atoms with van der Waals surface area (Å²) in [6.07, 6.45) is 4.75. The van der Waals surface area contributed by atoms with Crippen LogP contribution in [-0.4, -0.2) is 6.04 Å². The molecule has 0 heterocycles. The highest BCUT2D eigenvalue weighted by molar-refractivity contribution is 5.58. The minimum atomic E-state index is -0.357. The molecule has 1 N–H and O–H groups in total. The third-order valence-corrected chi connectivity index (χ3v) is 3.58. The Balaban J connectivity index is 2.07. The molecule has 2 nitrogen and oxygen atoms in total. The van der Waals surface area contributed by atoms with Crippen LogP contribution in [-0.2, 0) is 0 Å². The fourth-order valence-electron chi connectivity index (χ4n) is 2.53. The number of benzene rings is 1. The average molecular weight is 232 g/mol. The smallest absolute Gasteiger partial charge is 0.124 e. The fraction of sp³-hybridized carbons (Fsp3) is 0.500. The van der Waals surface area contributed by atoms with Crippen molar-refractivity contribution in [3.63, 3.8) is 0 Å². The highest BCUT2D eigenvalue weighted by Crippen LogP contribution is 2.30. The van der Waals surface area contributed by atoms with Crippen LogP contribution in [0.1, 0.15) is 38.2 Å². The van der Waals surface area contributed by atoms with Gasteiger partial charge in [0, 0.05) is 6.04 Å². The summed E-state index contributed by atoms with van der Waals surface area (Å²) in [7, 11) is 0. The number of nitrogens with zero attached hydrogens (tertiary/aromatic N) is 1. The van der Waals surface area contributed by atoms with E-state index in [-0.39, 0.29) is 5.82 Å². The van der Waals surface area contributed by atoms with E-state index in [1.165, 1.54) is 25.0 Å². The molecule has 0 aliphatic heterocycles. The zero-order valence-electron chi connectivity index (χ0n) is 10.0. The van der Waals surface area contributed by atoms with Gasteiger partial charge in [-0.05, 0) is 43.4 Å². The molecule has 0 aromatic heterocycles. The van der Waals surface area contributed by atoms with Crippen LogP contribution in [0.4, 0.5) is 10.1 Å². The lowest BCUT2D eigenvalue weighted by molar-refractivity contribution is 0.525. The molecule has 1 aromatic rings. The second-order valence-corrected chi connectivity index (χ2v) is 4.73. The Morgan fingerprint density at radius 2 is 2.29 bits per heavy atom. The Bertz CT molecular complexity index is 436. The van der Waals surface area contributed by atoms with Crippen molar-refractivity contribution in [1.29, 1.82) is 5.26 Å². The van der Waals surface area contributed by atoms with Gasteiger partial charge in [-0.25, -0.2) is 4.39 Å². The average Bonchev–Trinajstić information content (AvgIpc) is 2.79. The van der Waals surface area contributed by atoms with Crippen molar-refractivity contribution in [2.24, 2.45) is 5.92 Å². The van der Waals surface area contributed by atoms with Crippen LogP contribution in [0.25, 0.3) is 0 Å². The predicted octanol–water partition coefficient (Wildman–Crippen LogP) is 3.69. The number of rotatable bonds is 3. The lowest BCUT2D eigenvalue weighted by Crippen LogP contribution is -2.16. The quantitative estimate of drug-likeness (QED) is 0.862. The van der Waals surface area contributed by atoms with Gasteiger partial charge in [0.05, 0.1) is 11.3 Å². The molecule has 1 aromatic carbocycles. The lowest BCUT2D eigenvalue weighted by atomic mass is 10.1. The molecule has 1 fully saturated rings. The molecule has 2 rings (SSSR count). The monoisotopic (exact) mass is 232 g/mol. The molecule has 1 saturated carbocycles. The Morgan fingerprint density at radius 3 is 2.94 bits per heavy atom. The molecule has 1 aliphatic carbocycles. The van der Waals surface area contributed by atoms with E-state index < -0.39 is 0 Å². The molecule has 2 unspecified atom stereocenters. The van der Waals surface area contributed by atoms with Crippen molar-refractivity contribution < 1.29 is 4.39 Å². The SMILES string of the molecule is CCC1CCC(Nc2ccc(F)cc2C#N)C1. The fourth-order valence-corrected chi connectivity index (χ4v) is 2.53. The molecule has 90 valence electrons. The second kappa shape index (κ2) is 5.18. The Morgan fingerprint density at radius 1 is 1.47 bits per heavy atom. The summed E-state index contributed by atoms with van der Waals surface area (Å²) in [5.74, 6) is 0.434. The molecular formula is C14H17FN2. The van der Waals surface area contributed by atoms with E-state index in [2.05, 4.69) is 12.2 Å². The van der Waals surface area contributed by atoms with E-state index in [1.807, 2.05) is 6.07 Å². The van der Waals surface area contributed by atoms with Gasteiger partial charge in [-0.3, -0.25) is 0 Å². The van der Waals surface area contributed by atoms with Gasteiger partial charge in [-0.2, -0.15) is 5.26 Å². The molecule has 0 bridgehead atoms. The van der Waals surface area contributed by atoms with Gasteiger partial charge < -0.3 is 5.32 Å². The molecule has 0 radical (unpaired) electrons. The van der Waals surface area contributed by atoms with Crippen molar-refractivity contribution in [2.75, 3.05) is 5.32 Å². The van der Waals surface area contributed by atoms with E-state index in [0.29, 0.717) is 11.6 Å². The summed E-state index contributed by atoms with van der Waals surface area (Å²) in [5.41, 5.74) is 1.15. The van der Waals surface area contributed by atoms with Gasteiger partial charge in [0.25, 0.3) is 0 Å². The first-order chi connectivity index (χ1) is 8.22. The Labute approximate surface area is 101 Å². The largest absolute Gasteiger partial charge is 0.381 e. The molecule has 17 heavy (non-hydrogen) atoms.